The lowest BCUT2D eigenvalue weighted by Gasteiger charge is -2.13. The summed E-state index contributed by atoms with van der Waals surface area (Å²) in [5.41, 5.74) is 3.24. The maximum absolute atomic E-state index is 14.3. The maximum atomic E-state index is 14.3. The van der Waals surface area contributed by atoms with Gasteiger partial charge < -0.3 is 5.11 Å². The van der Waals surface area contributed by atoms with Gasteiger partial charge in [0.1, 0.15) is 5.82 Å². The number of aromatic nitrogens is 2. The van der Waals surface area contributed by atoms with Crippen LogP contribution in [0.25, 0.3) is 11.3 Å². The SMILES string of the molecule is O=C(O)c1cc2n(n1)-c1cc(Cl)ccc1C(c1ccccc1F)=CC2. The van der Waals surface area contributed by atoms with Crippen LogP contribution in [0.2, 0.25) is 5.02 Å². The van der Waals surface area contributed by atoms with E-state index >= 15 is 0 Å². The van der Waals surface area contributed by atoms with Gasteiger partial charge in [0.25, 0.3) is 0 Å². The standard InChI is InChI=1S/C19H12ClFN2O2/c20-11-5-7-15-13(14-3-1-2-4-16(14)21)8-6-12-10-17(19(24)25)22-23(12)18(15)9-11/h1-5,7-10H,6H2,(H,24,25). The van der Waals surface area contributed by atoms with Gasteiger partial charge in [0.15, 0.2) is 5.69 Å². The van der Waals surface area contributed by atoms with Crippen LogP contribution in [0.1, 0.15) is 27.3 Å². The molecule has 0 saturated carbocycles. The van der Waals surface area contributed by atoms with Crippen molar-refractivity contribution in [3.05, 3.63) is 88.0 Å². The van der Waals surface area contributed by atoms with Gasteiger partial charge in [-0.25, -0.2) is 13.9 Å². The zero-order valence-corrected chi connectivity index (χ0v) is 13.7. The Morgan fingerprint density at radius 3 is 2.72 bits per heavy atom. The number of rotatable bonds is 2. The summed E-state index contributed by atoms with van der Waals surface area (Å²) in [6.45, 7) is 0. The summed E-state index contributed by atoms with van der Waals surface area (Å²) in [4.78, 5) is 11.2. The van der Waals surface area contributed by atoms with E-state index in [4.69, 9.17) is 11.6 Å². The van der Waals surface area contributed by atoms with E-state index < -0.39 is 5.97 Å². The molecule has 0 atom stereocenters. The third-order valence-corrected chi connectivity index (χ3v) is 4.39. The van der Waals surface area contributed by atoms with E-state index in [9.17, 15) is 14.3 Å². The Labute approximate surface area is 147 Å². The summed E-state index contributed by atoms with van der Waals surface area (Å²) in [7, 11) is 0. The van der Waals surface area contributed by atoms with Crippen molar-refractivity contribution in [2.24, 2.45) is 0 Å². The van der Waals surface area contributed by atoms with E-state index in [1.54, 1.807) is 41.1 Å². The lowest BCUT2D eigenvalue weighted by atomic mass is 9.95. The summed E-state index contributed by atoms with van der Waals surface area (Å²) < 4.78 is 15.9. The van der Waals surface area contributed by atoms with Gasteiger partial charge in [-0.15, -0.1) is 0 Å². The van der Waals surface area contributed by atoms with Crippen LogP contribution in [0, 0.1) is 5.82 Å². The number of benzene rings is 2. The minimum absolute atomic E-state index is 0.0383. The molecular weight excluding hydrogens is 343 g/mol. The number of halogens is 2. The van der Waals surface area contributed by atoms with Gasteiger partial charge in [-0.3, -0.25) is 0 Å². The zero-order valence-electron chi connectivity index (χ0n) is 12.9. The van der Waals surface area contributed by atoms with Crippen molar-refractivity contribution in [2.75, 3.05) is 0 Å². The topological polar surface area (TPSA) is 55.1 Å². The lowest BCUT2D eigenvalue weighted by Crippen LogP contribution is -2.05. The quantitative estimate of drug-likeness (QED) is 0.744. The molecule has 3 aromatic rings. The molecule has 1 aromatic heterocycles. The van der Waals surface area contributed by atoms with Crippen molar-refractivity contribution in [1.29, 1.82) is 0 Å². The molecule has 1 aliphatic heterocycles. The first-order valence-electron chi connectivity index (χ1n) is 7.62. The Hall–Kier alpha value is -2.92. The molecule has 124 valence electrons. The van der Waals surface area contributed by atoms with E-state index in [0.717, 1.165) is 11.1 Å². The minimum Gasteiger partial charge on any atom is -0.476 e. The Morgan fingerprint density at radius 2 is 1.96 bits per heavy atom. The molecule has 0 fully saturated rings. The van der Waals surface area contributed by atoms with Gasteiger partial charge in [-0.05, 0) is 29.8 Å². The second-order valence-corrected chi connectivity index (χ2v) is 6.14. The Balaban J connectivity index is 1.98. The lowest BCUT2D eigenvalue weighted by molar-refractivity contribution is 0.0690. The molecule has 4 rings (SSSR count). The largest absolute Gasteiger partial charge is 0.476 e. The van der Waals surface area contributed by atoms with Crippen LogP contribution in [0.3, 0.4) is 0 Å². The van der Waals surface area contributed by atoms with Gasteiger partial charge >= 0.3 is 5.97 Å². The molecule has 1 aliphatic rings. The first-order valence-corrected chi connectivity index (χ1v) is 8.00. The van der Waals surface area contributed by atoms with Gasteiger partial charge in [-0.2, -0.15) is 5.10 Å². The van der Waals surface area contributed by atoms with Crippen molar-refractivity contribution in [3.63, 3.8) is 0 Å². The van der Waals surface area contributed by atoms with Crippen LogP contribution >= 0.6 is 11.6 Å². The molecule has 25 heavy (non-hydrogen) atoms. The average Bonchev–Trinajstić information content (AvgIpc) is 2.96. The number of carboxylic acids is 1. The highest BCUT2D eigenvalue weighted by Gasteiger charge is 2.22. The first-order chi connectivity index (χ1) is 12.0. The Bertz CT molecular complexity index is 1040. The molecular formula is C19H12ClFN2O2. The third kappa shape index (κ3) is 2.62. The van der Waals surface area contributed by atoms with E-state index in [2.05, 4.69) is 5.10 Å². The van der Waals surface area contributed by atoms with Crippen molar-refractivity contribution in [1.82, 2.24) is 9.78 Å². The predicted octanol–water partition coefficient (Wildman–Crippen LogP) is 4.35. The molecule has 0 radical (unpaired) electrons. The number of allylic oxidation sites excluding steroid dienone is 1. The molecule has 2 aromatic carbocycles. The van der Waals surface area contributed by atoms with E-state index in [-0.39, 0.29) is 11.5 Å². The van der Waals surface area contributed by atoms with E-state index in [1.807, 2.05) is 6.08 Å². The summed E-state index contributed by atoms with van der Waals surface area (Å²) in [6.07, 6.45) is 2.31. The summed E-state index contributed by atoms with van der Waals surface area (Å²) in [5.74, 6) is -1.41. The monoisotopic (exact) mass is 354 g/mol. The zero-order chi connectivity index (χ0) is 17.6. The third-order valence-electron chi connectivity index (χ3n) is 4.16. The number of aromatic carboxylic acids is 1. The highest BCUT2D eigenvalue weighted by Crippen LogP contribution is 2.35. The number of fused-ring (bicyclic) bond motifs is 3. The van der Waals surface area contributed by atoms with Crippen molar-refractivity contribution in [3.8, 4) is 5.69 Å². The Morgan fingerprint density at radius 1 is 1.16 bits per heavy atom. The van der Waals surface area contributed by atoms with Gasteiger partial charge in [0, 0.05) is 28.3 Å². The van der Waals surface area contributed by atoms with Gasteiger partial charge in [0.2, 0.25) is 0 Å². The number of carbonyl (C=O) groups is 1. The molecule has 0 aliphatic carbocycles. The maximum Gasteiger partial charge on any atom is 0.356 e. The number of carboxylic acid groups (broad SMARTS) is 1. The fourth-order valence-electron chi connectivity index (χ4n) is 3.04. The minimum atomic E-state index is -1.09. The van der Waals surface area contributed by atoms with E-state index in [1.165, 1.54) is 12.1 Å². The molecule has 0 saturated heterocycles. The van der Waals surface area contributed by atoms with Gasteiger partial charge in [-0.1, -0.05) is 41.9 Å². The number of hydrogen-bond acceptors (Lipinski definition) is 2. The average molecular weight is 355 g/mol. The predicted molar refractivity (Wildman–Crippen MR) is 92.7 cm³/mol. The highest BCUT2D eigenvalue weighted by atomic mass is 35.5. The van der Waals surface area contributed by atoms with Crippen LogP contribution in [0.15, 0.2) is 54.6 Å². The normalized spacial score (nSPS) is 12.8. The summed E-state index contributed by atoms with van der Waals surface area (Å²) in [6, 6.07) is 13.3. The molecule has 0 bridgehead atoms. The molecule has 4 nitrogen and oxygen atoms in total. The smallest absolute Gasteiger partial charge is 0.356 e. The molecule has 6 heteroatoms. The second-order valence-electron chi connectivity index (χ2n) is 5.70. The van der Waals surface area contributed by atoms with Crippen LogP contribution in [-0.2, 0) is 6.42 Å². The van der Waals surface area contributed by atoms with Crippen LogP contribution in [-0.4, -0.2) is 20.9 Å². The van der Waals surface area contributed by atoms with Crippen molar-refractivity contribution >= 4 is 23.1 Å². The summed E-state index contributed by atoms with van der Waals surface area (Å²) in [5, 5.41) is 13.9. The molecule has 2 heterocycles. The van der Waals surface area contributed by atoms with Crippen LogP contribution in [0.4, 0.5) is 4.39 Å². The molecule has 1 N–H and O–H groups in total. The fourth-order valence-corrected chi connectivity index (χ4v) is 3.20. The molecule has 0 amide bonds. The number of hydrogen-bond donors (Lipinski definition) is 1. The first kappa shape index (κ1) is 15.6. The molecule has 0 spiro atoms. The number of nitrogens with zero attached hydrogens (tertiary/aromatic N) is 2. The van der Waals surface area contributed by atoms with E-state index in [0.29, 0.717) is 28.4 Å². The molecule has 0 unspecified atom stereocenters. The second kappa shape index (κ2) is 5.86. The van der Waals surface area contributed by atoms with Crippen LogP contribution < -0.4 is 0 Å². The van der Waals surface area contributed by atoms with Crippen molar-refractivity contribution < 1.29 is 14.3 Å². The summed E-state index contributed by atoms with van der Waals surface area (Å²) >= 11 is 6.14. The fraction of sp³-hybridized carbons (Fsp3) is 0.0526. The van der Waals surface area contributed by atoms with Crippen LogP contribution in [0.5, 0.6) is 0 Å². The Kier molecular flexibility index (Phi) is 3.66. The highest BCUT2D eigenvalue weighted by molar-refractivity contribution is 6.30. The van der Waals surface area contributed by atoms with Crippen molar-refractivity contribution in [2.45, 2.75) is 6.42 Å². The van der Waals surface area contributed by atoms with Gasteiger partial charge in [0.05, 0.1) is 5.69 Å².